The highest BCUT2D eigenvalue weighted by Crippen LogP contribution is 2.28. The first-order valence-electron chi connectivity index (χ1n) is 7.36. The van der Waals surface area contributed by atoms with Crippen LogP contribution in [-0.2, 0) is 5.41 Å². The zero-order valence-corrected chi connectivity index (χ0v) is 15.1. The predicted molar refractivity (Wildman–Crippen MR) is 94.9 cm³/mol. The van der Waals surface area contributed by atoms with Crippen LogP contribution in [0.2, 0.25) is 0 Å². The largest absolute Gasteiger partial charge is 0.309 e. The van der Waals surface area contributed by atoms with Crippen LogP contribution in [0.5, 0.6) is 0 Å². The molecule has 0 heterocycles. The summed E-state index contributed by atoms with van der Waals surface area (Å²) < 4.78 is 1.16. The number of benzene rings is 2. The number of nitrogens with one attached hydrogen (secondary N) is 1. The minimum Gasteiger partial charge on any atom is -0.309 e. The van der Waals surface area contributed by atoms with Gasteiger partial charge in [-0.25, -0.2) is 0 Å². The van der Waals surface area contributed by atoms with Crippen molar-refractivity contribution in [3.63, 3.8) is 0 Å². The lowest BCUT2D eigenvalue weighted by atomic mass is 9.86. The Kier molecular flexibility index (Phi) is 4.90. The van der Waals surface area contributed by atoms with E-state index < -0.39 is 0 Å². The lowest BCUT2D eigenvalue weighted by Crippen LogP contribution is -2.18. The fourth-order valence-electron chi connectivity index (χ4n) is 2.49. The Labute approximate surface area is 136 Å². The Morgan fingerprint density at radius 3 is 2.00 bits per heavy atom. The van der Waals surface area contributed by atoms with E-state index in [-0.39, 0.29) is 11.5 Å². The molecule has 0 saturated carbocycles. The summed E-state index contributed by atoms with van der Waals surface area (Å²) in [6.07, 6.45) is 0. The monoisotopic (exact) mass is 345 g/mol. The van der Waals surface area contributed by atoms with Gasteiger partial charge >= 0.3 is 0 Å². The summed E-state index contributed by atoms with van der Waals surface area (Å²) in [5.74, 6) is 0. The summed E-state index contributed by atoms with van der Waals surface area (Å²) in [5.41, 5.74) is 5.39. The first kappa shape index (κ1) is 16.3. The van der Waals surface area contributed by atoms with Crippen LogP contribution in [0.3, 0.4) is 0 Å². The van der Waals surface area contributed by atoms with Crippen LogP contribution in [0.15, 0.2) is 46.9 Å². The van der Waals surface area contributed by atoms with E-state index in [1.807, 2.05) is 7.05 Å². The van der Waals surface area contributed by atoms with Gasteiger partial charge in [0.25, 0.3) is 0 Å². The van der Waals surface area contributed by atoms with Gasteiger partial charge < -0.3 is 5.32 Å². The molecule has 21 heavy (non-hydrogen) atoms. The molecule has 0 aromatic heterocycles. The SMILES string of the molecule is CNC(c1ccc(C(C)(C)C)cc1)c1ccc(C)c(Br)c1. The van der Waals surface area contributed by atoms with Crippen LogP contribution in [0.4, 0.5) is 0 Å². The van der Waals surface area contributed by atoms with Crippen molar-refractivity contribution in [3.05, 3.63) is 69.2 Å². The van der Waals surface area contributed by atoms with Gasteiger partial charge in [-0.15, -0.1) is 0 Å². The Balaban J connectivity index is 2.35. The molecule has 2 rings (SSSR count). The molecule has 2 aromatic rings. The molecular weight excluding hydrogens is 322 g/mol. The van der Waals surface area contributed by atoms with Crippen LogP contribution in [-0.4, -0.2) is 7.05 Å². The molecule has 0 aliphatic heterocycles. The molecular formula is C19H24BrN. The zero-order valence-electron chi connectivity index (χ0n) is 13.5. The van der Waals surface area contributed by atoms with Crippen molar-refractivity contribution in [2.75, 3.05) is 7.05 Å². The summed E-state index contributed by atoms with van der Waals surface area (Å²) in [7, 11) is 2.01. The smallest absolute Gasteiger partial charge is 0.0574 e. The minimum atomic E-state index is 0.195. The molecule has 0 saturated heterocycles. The van der Waals surface area contributed by atoms with Crippen molar-refractivity contribution < 1.29 is 0 Å². The average molecular weight is 346 g/mol. The van der Waals surface area contributed by atoms with Gasteiger partial charge in [0.1, 0.15) is 0 Å². The van der Waals surface area contributed by atoms with Crippen LogP contribution in [0, 0.1) is 6.92 Å². The fourth-order valence-corrected chi connectivity index (χ4v) is 2.89. The molecule has 112 valence electrons. The highest BCUT2D eigenvalue weighted by molar-refractivity contribution is 9.10. The fraction of sp³-hybridized carbons (Fsp3) is 0.368. The first-order valence-corrected chi connectivity index (χ1v) is 8.16. The average Bonchev–Trinajstić information content (AvgIpc) is 2.43. The van der Waals surface area contributed by atoms with Gasteiger partial charge in [0, 0.05) is 4.47 Å². The predicted octanol–water partition coefficient (Wildman–Crippen LogP) is 5.36. The Bertz CT molecular complexity index is 608. The minimum absolute atomic E-state index is 0.195. The van der Waals surface area contributed by atoms with Gasteiger partial charge in [-0.2, -0.15) is 0 Å². The van der Waals surface area contributed by atoms with Crippen LogP contribution < -0.4 is 5.32 Å². The molecule has 0 spiro atoms. The van der Waals surface area contributed by atoms with Crippen molar-refractivity contribution in [3.8, 4) is 0 Å². The highest BCUT2D eigenvalue weighted by atomic mass is 79.9. The van der Waals surface area contributed by atoms with E-state index in [9.17, 15) is 0 Å². The second-order valence-electron chi connectivity index (χ2n) is 6.60. The quantitative estimate of drug-likeness (QED) is 0.788. The summed E-state index contributed by atoms with van der Waals surface area (Å²) in [6.45, 7) is 8.85. The van der Waals surface area contributed by atoms with Crippen molar-refractivity contribution in [2.24, 2.45) is 0 Å². The van der Waals surface area contributed by atoms with Crippen molar-refractivity contribution in [1.29, 1.82) is 0 Å². The Hall–Kier alpha value is -1.12. The molecule has 0 radical (unpaired) electrons. The van der Waals surface area contributed by atoms with Gasteiger partial charge in [0.05, 0.1) is 6.04 Å². The van der Waals surface area contributed by atoms with E-state index in [0.29, 0.717) is 0 Å². The molecule has 0 aliphatic carbocycles. The second-order valence-corrected chi connectivity index (χ2v) is 7.46. The molecule has 1 unspecified atom stereocenters. The van der Waals surface area contributed by atoms with Crippen molar-refractivity contribution in [1.82, 2.24) is 5.32 Å². The van der Waals surface area contributed by atoms with Gasteiger partial charge in [0.2, 0.25) is 0 Å². The number of aryl methyl sites for hydroxylation is 1. The topological polar surface area (TPSA) is 12.0 Å². The summed E-state index contributed by atoms with van der Waals surface area (Å²) in [4.78, 5) is 0. The number of hydrogen-bond acceptors (Lipinski definition) is 1. The standard InChI is InChI=1S/C19H24BrN/c1-13-6-7-15(12-17(13)20)18(21-5)14-8-10-16(11-9-14)19(2,3)4/h6-12,18,21H,1-5H3. The van der Waals surface area contributed by atoms with Gasteiger partial charge in [0.15, 0.2) is 0 Å². The third kappa shape index (κ3) is 3.75. The van der Waals surface area contributed by atoms with Crippen molar-refractivity contribution >= 4 is 15.9 Å². The number of halogens is 1. The second kappa shape index (κ2) is 6.33. The lowest BCUT2D eigenvalue weighted by molar-refractivity contribution is 0.589. The van der Waals surface area contributed by atoms with Gasteiger partial charge in [-0.3, -0.25) is 0 Å². The summed E-state index contributed by atoms with van der Waals surface area (Å²) >= 11 is 3.63. The van der Waals surface area contributed by atoms with E-state index in [1.165, 1.54) is 22.3 Å². The van der Waals surface area contributed by atoms with E-state index in [2.05, 4.69) is 91.4 Å². The highest BCUT2D eigenvalue weighted by Gasteiger charge is 2.16. The van der Waals surface area contributed by atoms with Gasteiger partial charge in [-0.05, 0) is 47.7 Å². The summed E-state index contributed by atoms with van der Waals surface area (Å²) in [5, 5.41) is 3.42. The third-order valence-corrected chi connectivity index (χ3v) is 4.78. The molecule has 0 bridgehead atoms. The number of rotatable bonds is 3. The Morgan fingerprint density at radius 2 is 1.52 bits per heavy atom. The maximum atomic E-state index is 3.63. The molecule has 2 heteroatoms. The van der Waals surface area contributed by atoms with Crippen LogP contribution in [0.1, 0.15) is 49.1 Å². The maximum Gasteiger partial charge on any atom is 0.0574 e. The molecule has 1 nitrogen and oxygen atoms in total. The number of hydrogen-bond donors (Lipinski definition) is 1. The van der Waals surface area contributed by atoms with Crippen LogP contribution >= 0.6 is 15.9 Å². The molecule has 2 aromatic carbocycles. The lowest BCUT2D eigenvalue weighted by Gasteiger charge is -2.22. The molecule has 1 atom stereocenters. The summed E-state index contributed by atoms with van der Waals surface area (Å²) in [6, 6.07) is 15.7. The van der Waals surface area contributed by atoms with Crippen LogP contribution in [0.25, 0.3) is 0 Å². The zero-order chi connectivity index (χ0) is 15.6. The Morgan fingerprint density at radius 1 is 0.952 bits per heavy atom. The molecule has 1 N–H and O–H groups in total. The van der Waals surface area contributed by atoms with E-state index >= 15 is 0 Å². The molecule has 0 fully saturated rings. The van der Waals surface area contributed by atoms with Gasteiger partial charge in [-0.1, -0.05) is 73.1 Å². The van der Waals surface area contributed by atoms with E-state index in [1.54, 1.807) is 0 Å². The third-order valence-electron chi connectivity index (χ3n) is 3.93. The van der Waals surface area contributed by atoms with E-state index in [4.69, 9.17) is 0 Å². The normalized spacial score (nSPS) is 13.2. The first-order chi connectivity index (χ1) is 9.82. The maximum absolute atomic E-state index is 3.63. The van der Waals surface area contributed by atoms with Crippen molar-refractivity contribution in [2.45, 2.75) is 39.2 Å². The van der Waals surface area contributed by atoms with E-state index in [0.717, 1.165) is 4.47 Å². The molecule has 0 amide bonds. The molecule has 0 aliphatic rings.